The Hall–Kier alpha value is -3.74. The number of amides is 1. The summed E-state index contributed by atoms with van der Waals surface area (Å²) in [5, 5.41) is 7.65. The number of para-hydroxylation sites is 1. The molecule has 1 amide bonds. The molecule has 3 N–H and O–H groups in total. The Morgan fingerprint density at radius 2 is 1.92 bits per heavy atom. The first kappa shape index (κ1) is 14.8. The molecule has 7 heteroatoms. The van der Waals surface area contributed by atoms with Crippen LogP contribution in [0.25, 0.3) is 22.2 Å². The van der Waals surface area contributed by atoms with E-state index in [4.69, 9.17) is 10.3 Å². The van der Waals surface area contributed by atoms with Gasteiger partial charge in [-0.25, -0.2) is 0 Å². The summed E-state index contributed by atoms with van der Waals surface area (Å²) in [6.07, 6.45) is 4.90. The highest BCUT2D eigenvalue weighted by Gasteiger charge is 2.23. The average molecular weight is 331 g/mol. The number of anilines is 2. The van der Waals surface area contributed by atoms with Gasteiger partial charge in [0.05, 0.1) is 11.2 Å². The van der Waals surface area contributed by atoms with E-state index in [9.17, 15) is 4.79 Å². The van der Waals surface area contributed by atoms with E-state index >= 15 is 0 Å². The summed E-state index contributed by atoms with van der Waals surface area (Å²) in [7, 11) is 0. The number of nitrogens with two attached hydrogens (primary N) is 1. The largest absolute Gasteiger partial charge is 0.367 e. The van der Waals surface area contributed by atoms with Crippen LogP contribution < -0.4 is 11.1 Å². The summed E-state index contributed by atoms with van der Waals surface area (Å²) >= 11 is 0. The molecular weight excluding hydrogens is 318 g/mol. The van der Waals surface area contributed by atoms with E-state index in [1.807, 2.05) is 24.3 Å². The molecule has 0 fully saturated rings. The van der Waals surface area contributed by atoms with Gasteiger partial charge in [0.15, 0.2) is 0 Å². The zero-order chi connectivity index (χ0) is 17.2. The molecule has 3 heterocycles. The second-order valence-electron chi connectivity index (χ2n) is 5.35. The minimum Gasteiger partial charge on any atom is -0.367 e. The van der Waals surface area contributed by atoms with Gasteiger partial charge in [0, 0.05) is 29.5 Å². The van der Waals surface area contributed by atoms with Gasteiger partial charge in [0.25, 0.3) is 5.91 Å². The molecule has 0 radical (unpaired) electrons. The van der Waals surface area contributed by atoms with Gasteiger partial charge in [-0.3, -0.25) is 14.8 Å². The van der Waals surface area contributed by atoms with Crippen LogP contribution in [0, 0.1) is 0 Å². The third kappa shape index (κ3) is 2.67. The van der Waals surface area contributed by atoms with Gasteiger partial charge in [-0.2, -0.15) is 0 Å². The maximum atomic E-state index is 12.8. The number of hydrogen-bond donors (Lipinski definition) is 2. The Bertz CT molecular complexity index is 1050. The first-order chi connectivity index (χ1) is 12.2. The van der Waals surface area contributed by atoms with Crippen LogP contribution in [-0.2, 0) is 0 Å². The lowest BCUT2D eigenvalue weighted by atomic mass is 10.1. The van der Waals surface area contributed by atoms with E-state index in [2.05, 4.69) is 20.4 Å². The van der Waals surface area contributed by atoms with Crippen molar-refractivity contribution in [2.24, 2.45) is 0 Å². The number of nitrogens with zero attached hydrogens (tertiary/aromatic N) is 3. The zero-order valence-electron chi connectivity index (χ0n) is 13.0. The van der Waals surface area contributed by atoms with Gasteiger partial charge >= 0.3 is 0 Å². The lowest BCUT2D eigenvalue weighted by molar-refractivity contribution is 0.102. The number of carbonyl (C=O) groups excluding carboxylic acids is 1. The number of benzene rings is 1. The Balaban J connectivity index is 1.74. The second kappa shape index (κ2) is 6.04. The molecule has 4 aromatic rings. The third-order valence-corrected chi connectivity index (χ3v) is 3.76. The molecule has 25 heavy (non-hydrogen) atoms. The molecule has 4 rings (SSSR count). The standard InChI is InChI=1S/C18H13N5O2/c19-17-14(16(23-25-17)12-6-2-8-20-10-12)18(24)22-13-7-1-4-11-5-3-9-21-15(11)13/h1-10H,19H2,(H,22,24). The van der Waals surface area contributed by atoms with Crippen LogP contribution in [0.5, 0.6) is 0 Å². The third-order valence-electron chi connectivity index (χ3n) is 3.76. The molecular formula is C18H13N5O2. The van der Waals surface area contributed by atoms with Gasteiger partial charge in [0.1, 0.15) is 11.3 Å². The molecule has 0 saturated carbocycles. The van der Waals surface area contributed by atoms with Crippen molar-refractivity contribution in [3.63, 3.8) is 0 Å². The Labute approximate surface area is 142 Å². The van der Waals surface area contributed by atoms with Crippen molar-refractivity contribution in [1.29, 1.82) is 0 Å². The lowest BCUT2D eigenvalue weighted by Gasteiger charge is -2.08. The van der Waals surface area contributed by atoms with Crippen molar-refractivity contribution < 1.29 is 9.32 Å². The van der Waals surface area contributed by atoms with Crippen LogP contribution in [0.1, 0.15) is 10.4 Å². The molecule has 0 aliphatic carbocycles. The fourth-order valence-corrected chi connectivity index (χ4v) is 2.61. The van der Waals surface area contributed by atoms with Crippen LogP contribution in [0.15, 0.2) is 65.6 Å². The first-order valence-electron chi connectivity index (χ1n) is 7.54. The molecule has 0 aliphatic heterocycles. The molecule has 0 bridgehead atoms. The molecule has 0 spiro atoms. The van der Waals surface area contributed by atoms with E-state index in [1.165, 1.54) is 0 Å². The van der Waals surface area contributed by atoms with Crippen molar-refractivity contribution in [3.05, 3.63) is 66.6 Å². The van der Waals surface area contributed by atoms with Gasteiger partial charge in [-0.05, 0) is 24.3 Å². The van der Waals surface area contributed by atoms with E-state index in [1.54, 1.807) is 36.8 Å². The highest BCUT2D eigenvalue weighted by molar-refractivity contribution is 6.13. The molecule has 7 nitrogen and oxygen atoms in total. The molecule has 122 valence electrons. The fraction of sp³-hybridized carbons (Fsp3) is 0. The maximum Gasteiger partial charge on any atom is 0.263 e. The zero-order valence-corrected chi connectivity index (χ0v) is 13.0. The molecule has 3 aromatic heterocycles. The van der Waals surface area contributed by atoms with Crippen LogP contribution in [-0.4, -0.2) is 21.0 Å². The van der Waals surface area contributed by atoms with Crippen LogP contribution >= 0.6 is 0 Å². The first-order valence-corrected chi connectivity index (χ1v) is 7.54. The van der Waals surface area contributed by atoms with Crippen LogP contribution in [0.4, 0.5) is 11.6 Å². The van der Waals surface area contributed by atoms with Gasteiger partial charge in [-0.1, -0.05) is 23.4 Å². The van der Waals surface area contributed by atoms with Gasteiger partial charge < -0.3 is 15.6 Å². The van der Waals surface area contributed by atoms with Crippen molar-refractivity contribution >= 4 is 28.4 Å². The molecule has 0 saturated heterocycles. The summed E-state index contributed by atoms with van der Waals surface area (Å²) in [4.78, 5) is 21.1. The average Bonchev–Trinajstić information content (AvgIpc) is 3.04. The van der Waals surface area contributed by atoms with Crippen LogP contribution in [0.2, 0.25) is 0 Å². The Morgan fingerprint density at radius 1 is 1.08 bits per heavy atom. The van der Waals surface area contributed by atoms with E-state index in [0.717, 1.165) is 5.39 Å². The highest BCUT2D eigenvalue weighted by atomic mass is 16.5. The highest BCUT2D eigenvalue weighted by Crippen LogP contribution is 2.28. The number of aromatic nitrogens is 3. The minimum atomic E-state index is -0.421. The summed E-state index contributed by atoms with van der Waals surface area (Å²) in [6, 6.07) is 12.8. The predicted octanol–water partition coefficient (Wildman–Crippen LogP) is 3.12. The number of nitrogens with one attached hydrogen (secondary N) is 1. The molecule has 0 atom stereocenters. The number of rotatable bonds is 3. The monoisotopic (exact) mass is 331 g/mol. The van der Waals surface area contributed by atoms with Gasteiger partial charge in [-0.15, -0.1) is 0 Å². The summed E-state index contributed by atoms with van der Waals surface area (Å²) in [5.74, 6) is -0.472. The van der Waals surface area contributed by atoms with E-state index < -0.39 is 5.91 Å². The number of fused-ring (bicyclic) bond motifs is 1. The number of pyridine rings is 2. The molecule has 1 aromatic carbocycles. The normalized spacial score (nSPS) is 10.7. The maximum absolute atomic E-state index is 12.8. The van der Waals surface area contributed by atoms with E-state index in [0.29, 0.717) is 22.5 Å². The fourth-order valence-electron chi connectivity index (χ4n) is 2.61. The Morgan fingerprint density at radius 3 is 2.76 bits per heavy atom. The van der Waals surface area contributed by atoms with Gasteiger partial charge in [0.2, 0.25) is 5.88 Å². The van der Waals surface area contributed by atoms with E-state index in [-0.39, 0.29) is 11.4 Å². The smallest absolute Gasteiger partial charge is 0.263 e. The van der Waals surface area contributed by atoms with Crippen molar-refractivity contribution in [2.75, 3.05) is 11.1 Å². The van der Waals surface area contributed by atoms with Crippen molar-refractivity contribution in [2.45, 2.75) is 0 Å². The topological polar surface area (TPSA) is 107 Å². The second-order valence-corrected chi connectivity index (χ2v) is 5.35. The van der Waals surface area contributed by atoms with Crippen LogP contribution in [0.3, 0.4) is 0 Å². The number of nitrogen functional groups attached to an aromatic ring is 1. The molecule has 0 aliphatic rings. The SMILES string of the molecule is Nc1onc(-c2cccnc2)c1C(=O)Nc1cccc2cccnc12. The summed E-state index contributed by atoms with van der Waals surface area (Å²) in [5.41, 5.74) is 8.25. The molecule has 0 unspecified atom stereocenters. The quantitative estimate of drug-likeness (QED) is 0.597. The van der Waals surface area contributed by atoms with Crippen molar-refractivity contribution in [3.8, 4) is 11.3 Å². The number of carbonyl (C=O) groups is 1. The Kier molecular flexibility index (Phi) is 3.59. The summed E-state index contributed by atoms with van der Waals surface area (Å²) in [6.45, 7) is 0. The lowest BCUT2D eigenvalue weighted by Crippen LogP contribution is -2.14. The predicted molar refractivity (Wildman–Crippen MR) is 93.8 cm³/mol. The summed E-state index contributed by atoms with van der Waals surface area (Å²) < 4.78 is 5.02. The number of hydrogen-bond acceptors (Lipinski definition) is 6. The van der Waals surface area contributed by atoms with Crippen molar-refractivity contribution in [1.82, 2.24) is 15.1 Å². The minimum absolute atomic E-state index is 0.0513.